The van der Waals surface area contributed by atoms with Gasteiger partial charge in [-0.25, -0.2) is 14.4 Å². The van der Waals surface area contributed by atoms with E-state index in [2.05, 4.69) is 20.3 Å². The summed E-state index contributed by atoms with van der Waals surface area (Å²) in [5, 5.41) is 2.57. The second-order valence-electron chi connectivity index (χ2n) is 4.81. The van der Waals surface area contributed by atoms with Crippen LogP contribution >= 0.6 is 11.6 Å². The fraction of sp³-hybridized carbons (Fsp3) is 0. The first-order chi connectivity index (χ1) is 11.6. The molecule has 0 aliphatic rings. The second-order valence-corrected chi connectivity index (χ2v) is 5.22. The molecule has 3 rings (SSSR count). The van der Waals surface area contributed by atoms with Crippen molar-refractivity contribution >= 4 is 29.0 Å². The van der Waals surface area contributed by atoms with Crippen LogP contribution in [0.15, 0.2) is 49.2 Å². The van der Waals surface area contributed by atoms with Crippen molar-refractivity contribution in [1.29, 1.82) is 0 Å². The number of halogens is 2. The van der Waals surface area contributed by atoms with Gasteiger partial charge in [-0.05, 0) is 18.2 Å². The van der Waals surface area contributed by atoms with Crippen LogP contribution < -0.4 is 5.32 Å². The summed E-state index contributed by atoms with van der Waals surface area (Å²) in [6, 6.07) is 5.30. The van der Waals surface area contributed by atoms with E-state index in [1.807, 2.05) is 0 Å². The fourth-order valence-corrected chi connectivity index (χ4v) is 2.33. The summed E-state index contributed by atoms with van der Waals surface area (Å²) in [4.78, 5) is 34.7. The van der Waals surface area contributed by atoms with Gasteiger partial charge < -0.3 is 10.3 Å². The highest BCUT2D eigenvalue weighted by molar-refractivity contribution is 6.35. The minimum Gasteiger partial charge on any atom is -0.356 e. The van der Waals surface area contributed by atoms with Crippen LogP contribution in [0.4, 0.5) is 10.1 Å². The van der Waals surface area contributed by atoms with Crippen LogP contribution in [0.25, 0.3) is 0 Å². The largest absolute Gasteiger partial charge is 0.356 e. The van der Waals surface area contributed by atoms with Gasteiger partial charge >= 0.3 is 0 Å². The van der Waals surface area contributed by atoms with Gasteiger partial charge in [-0.3, -0.25) is 9.59 Å². The summed E-state index contributed by atoms with van der Waals surface area (Å²) in [6.07, 6.45) is 5.51. The zero-order chi connectivity index (χ0) is 17.1. The quantitative estimate of drug-likeness (QED) is 0.712. The number of ketones is 1. The van der Waals surface area contributed by atoms with Gasteiger partial charge in [0.05, 0.1) is 28.7 Å². The average Bonchev–Trinajstić information content (AvgIpc) is 3.05. The summed E-state index contributed by atoms with van der Waals surface area (Å²) in [5.41, 5.74) is 0.426. The Morgan fingerprint density at radius 2 is 1.96 bits per heavy atom. The number of amides is 1. The smallest absolute Gasteiger partial charge is 0.272 e. The van der Waals surface area contributed by atoms with Gasteiger partial charge in [0.2, 0.25) is 0 Å². The lowest BCUT2D eigenvalue weighted by atomic mass is 10.1. The Morgan fingerprint density at radius 3 is 2.67 bits per heavy atom. The monoisotopic (exact) mass is 344 g/mol. The van der Waals surface area contributed by atoms with E-state index in [4.69, 9.17) is 11.6 Å². The number of H-pyrrole nitrogens is 1. The Morgan fingerprint density at radius 1 is 1.21 bits per heavy atom. The first kappa shape index (κ1) is 15.8. The minimum atomic E-state index is -0.721. The van der Waals surface area contributed by atoms with E-state index in [9.17, 15) is 14.0 Å². The normalized spacial score (nSPS) is 10.4. The molecule has 0 saturated heterocycles. The molecule has 2 heterocycles. The van der Waals surface area contributed by atoms with E-state index in [0.29, 0.717) is 5.69 Å². The molecule has 2 N–H and O–H groups in total. The third-order valence-electron chi connectivity index (χ3n) is 3.20. The molecule has 0 aliphatic heterocycles. The number of hydrogen-bond donors (Lipinski definition) is 2. The first-order valence-corrected chi connectivity index (χ1v) is 7.17. The topological polar surface area (TPSA) is 87.7 Å². The Bertz CT molecular complexity index is 891. The van der Waals surface area contributed by atoms with Crippen molar-refractivity contribution in [3.63, 3.8) is 0 Å². The molecular weight excluding hydrogens is 335 g/mol. The predicted octanol–water partition coefficient (Wildman–Crippen LogP) is 3.08. The molecule has 8 heteroatoms. The number of carbonyl (C=O) groups is 2. The molecular formula is C16H10ClFN4O2. The third-order valence-corrected chi connectivity index (χ3v) is 3.51. The molecule has 1 aromatic carbocycles. The molecule has 0 bridgehead atoms. The maximum absolute atomic E-state index is 13.8. The molecule has 24 heavy (non-hydrogen) atoms. The number of aromatic amines is 1. The lowest BCUT2D eigenvalue weighted by molar-refractivity contribution is 0.102. The molecule has 0 unspecified atom stereocenters. The number of carbonyl (C=O) groups excluding carboxylic acids is 2. The van der Waals surface area contributed by atoms with Crippen molar-refractivity contribution in [1.82, 2.24) is 15.0 Å². The van der Waals surface area contributed by atoms with Crippen LogP contribution in [0.5, 0.6) is 0 Å². The van der Waals surface area contributed by atoms with Crippen LogP contribution in [0.2, 0.25) is 5.02 Å². The number of rotatable bonds is 4. The van der Waals surface area contributed by atoms with E-state index >= 15 is 0 Å². The molecule has 0 fully saturated rings. The summed E-state index contributed by atoms with van der Waals surface area (Å²) in [6.45, 7) is 0. The number of aromatic nitrogens is 3. The van der Waals surface area contributed by atoms with Crippen molar-refractivity contribution in [2.75, 3.05) is 5.32 Å². The standard InChI is InChI=1S/C16H10ClFN4O2/c17-11-2-1-3-12(18)14(11)15(23)9-4-13(21-5-9)16(24)22-10-6-19-8-20-7-10/h1-8,21H,(H,22,24). The van der Waals surface area contributed by atoms with Crippen molar-refractivity contribution in [2.45, 2.75) is 0 Å². The fourth-order valence-electron chi connectivity index (χ4n) is 2.08. The Balaban J connectivity index is 1.83. The predicted molar refractivity (Wildman–Crippen MR) is 85.6 cm³/mol. The summed E-state index contributed by atoms with van der Waals surface area (Å²) in [7, 11) is 0. The Hall–Kier alpha value is -3.06. The average molecular weight is 345 g/mol. The van der Waals surface area contributed by atoms with Crippen molar-refractivity contribution in [3.8, 4) is 0 Å². The van der Waals surface area contributed by atoms with Crippen LogP contribution in [-0.2, 0) is 0 Å². The summed E-state index contributed by atoms with van der Waals surface area (Å²) >= 11 is 5.89. The van der Waals surface area contributed by atoms with E-state index in [1.165, 1.54) is 43.1 Å². The van der Waals surface area contributed by atoms with Gasteiger partial charge in [0.1, 0.15) is 17.8 Å². The summed E-state index contributed by atoms with van der Waals surface area (Å²) < 4.78 is 13.8. The van der Waals surface area contributed by atoms with Crippen molar-refractivity contribution in [2.24, 2.45) is 0 Å². The molecule has 6 nitrogen and oxygen atoms in total. The van der Waals surface area contributed by atoms with Crippen LogP contribution in [-0.4, -0.2) is 26.6 Å². The van der Waals surface area contributed by atoms with Gasteiger partial charge in [-0.15, -0.1) is 0 Å². The van der Waals surface area contributed by atoms with Crippen LogP contribution in [0.3, 0.4) is 0 Å². The van der Waals surface area contributed by atoms with E-state index < -0.39 is 17.5 Å². The van der Waals surface area contributed by atoms with Gasteiger partial charge in [-0.2, -0.15) is 0 Å². The number of hydrogen-bond acceptors (Lipinski definition) is 4. The summed E-state index contributed by atoms with van der Waals surface area (Å²) in [5.74, 6) is -1.82. The van der Waals surface area contributed by atoms with E-state index in [-0.39, 0.29) is 21.8 Å². The van der Waals surface area contributed by atoms with Crippen LogP contribution in [0.1, 0.15) is 26.4 Å². The lowest BCUT2D eigenvalue weighted by Gasteiger charge is -2.03. The maximum atomic E-state index is 13.8. The van der Waals surface area contributed by atoms with Crippen molar-refractivity contribution < 1.29 is 14.0 Å². The Kier molecular flexibility index (Phi) is 4.35. The molecule has 0 saturated carbocycles. The highest BCUT2D eigenvalue weighted by atomic mass is 35.5. The van der Waals surface area contributed by atoms with E-state index in [1.54, 1.807) is 0 Å². The molecule has 3 aromatic rings. The first-order valence-electron chi connectivity index (χ1n) is 6.80. The number of nitrogens with zero attached hydrogens (tertiary/aromatic N) is 2. The van der Waals surface area contributed by atoms with Gasteiger partial charge in [0, 0.05) is 11.8 Å². The van der Waals surface area contributed by atoms with Crippen molar-refractivity contribution in [3.05, 3.63) is 76.8 Å². The van der Waals surface area contributed by atoms with Crippen LogP contribution in [0, 0.1) is 5.82 Å². The molecule has 120 valence electrons. The highest BCUT2D eigenvalue weighted by Gasteiger charge is 2.20. The van der Waals surface area contributed by atoms with Gasteiger partial charge in [0.25, 0.3) is 5.91 Å². The molecule has 1 amide bonds. The maximum Gasteiger partial charge on any atom is 0.272 e. The second kappa shape index (κ2) is 6.59. The molecule has 2 aromatic heterocycles. The van der Waals surface area contributed by atoms with Gasteiger partial charge in [-0.1, -0.05) is 17.7 Å². The minimum absolute atomic E-state index is 0.00800. The van der Waals surface area contributed by atoms with E-state index in [0.717, 1.165) is 6.07 Å². The Labute approximate surface area is 140 Å². The third kappa shape index (κ3) is 3.16. The molecule has 0 atom stereocenters. The molecule has 0 radical (unpaired) electrons. The zero-order valence-corrected chi connectivity index (χ0v) is 12.8. The number of nitrogens with one attached hydrogen (secondary N) is 2. The number of anilines is 1. The highest BCUT2D eigenvalue weighted by Crippen LogP contribution is 2.22. The lowest BCUT2D eigenvalue weighted by Crippen LogP contribution is -2.12. The molecule has 0 spiro atoms. The number of benzene rings is 1. The SMILES string of the molecule is O=C(Nc1cncnc1)c1cc(C(=O)c2c(F)cccc2Cl)c[nH]1. The van der Waals surface area contributed by atoms with Gasteiger partial charge in [0.15, 0.2) is 5.78 Å². The molecule has 0 aliphatic carbocycles. The zero-order valence-electron chi connectivity index (χ0n) is 12.1.